The highest BCUT2D eigenvalue weighted by Crippen LogP contribution is 2.27. The molecule has 1 aromatic heterocycles. The van der Waals surface area contributed by atoms with Crippen LogP contribution in [0.4, 0.5) is 0 Å². The van der Waals surface area contributed by atoms with E-state index in [1.165, 1.54) is 10.5 Å². The second-order valence-electron chi connectivity index (χ2n) is 4.27. The Labute approximate surface area is 113 Å². The van der Waals surface area contributed by atoms with E-state index in [9.17, 15) is 0 Å². The van der Waals surface area contributed by atoms with Gasteiger partial charge in [-0.3, -0.25) is 4.68 Å². The number of hydrogen-bond donors (Lipinski definition) is 1. The van der Waals surface area contributed by atoms with E-state index in [0.717, 1.165) is 12.1 Å². The van der Waals surface area contributed by atoms with Crippen LogP contribution in [0.5, 0.6) is 0 Å². The van der Waals surface area contributed by atoms with Crippen LogP contribution in [0.2, 0.25) is 0 Å². The number of aromatic nitrogens is 2. The maximum atomic E-state index is 4.45. The van der Waals surface area contributed by atoms with Crippen LogP contribution in [0.1, 0.15) is 17.3 Å². The fourth-order valence-corrected chi connectivity index (χ4v) is 2.76. The normalized spacial score (nSPS) is 12.6. The third-order valence-electron chi connectivity index (χ3n) is 3.04. The first kappa shape index (κ1) is 13.2. The molecule has 96 valence electrons. The molecule has 0 amide bonds. The van der Waals surface area contributed by atoms with Crippen molar-refractivity contribution < 1.29 is 0 Å². The lowest BCUT2D eigenvalue weighted by Gasteiger charge is -2.18. The van der Waals surface area contributed by atoms with Gasteiger partial charge in [0, 0.05) is 30.6 Å². The number of nitrogens with one attached hydrogen (secondary N) is 1. The minimum atomic E-state index is 0.309. The Morgan fingerprint density at radius 3 is 2.72 bits per heavy atom. The van der Waals surface area contributed by atoms with Crippen LogP contribution in [-0.2, 0) is 13.5 Å². The SMILES string of the molecule is CNC(Cc1ccn(C)n1)c1ccccc1SC. The van der Waals surface area contributed by atoms with E-state index in [0.29, 0.717) is 6.04 Å². The lowest BCUT2D eigenvalue weighted by molar-refractivity contribution is 0.569. The Hall–Kier alpha value is -1.26. The van der Waals surface area contributed by atoms with E-state index in [1.807, 2.05) is 25.0 Å². The summed E-state index contributed by atoms with van der Waals surface area (Å²) >= 11 is 1.79. The molecule has 1 N–H and O–H groups in total. The topological polar surface area (TPSA) is 29.9 Å². The van der Waals surface area contributed by atoms with Crippen LogP contribution >= 0.6 is 11.8 Å². The summed E-state index contributed by atoms with van der Waals surface area (Å²) in [6.45, 7) is 0. The molecule has 2 aromatic rings. The quantitative estimate of drug-likeness (QED) is 0.839. The maximum absolute atomic E-state index is 4.45. The van der Waals surface area contributed by atoms with Gasteiger partial charge in [-0.05, 0) is 31.0 Å². The molecule has 0 spiro atoms. The Morgan fingerprint density at radius 2 is 2.11 bits per heavy atom. The Kier molecular flexibility index (Phi) is 4.44. The van der Waals surface area contributed by atoms with Crippen molar-refractivity contribution in [1.29, 1.82) is 0 Å². The van der Waals surface area contributed by atoms with E-state index < -0.39 is 0 Å². The highest BCUT2D eigenvalue weighted by molar-refractivity contribution is 7.98. The number of thioether (sulfide) groups is 1. The Balaban J connectivity index is 2.22. The Morgan fingerprint density at radius 1 is 1.33 bits per heavy atom. The molecule has 0 aliphatic heterocycles. The van der Waals surface area contributed by atoms with Gasteiger partial charge in [-0.1, -0.05) is 18.2 Å². The van der Waals surface area contributed by atoms with Gasteiger partial charge in [0.05, 0.1) is 5.69 Å². The zero-order valence-electron chi connectivity index (χ0n) is 11.1. The summed E-state index contributed by atoms with van der Waals surface area (Å²) in [4.78, 5) is 1.33. The largest absolute Gasteiger partial charge is 0.313 e. The molecule has 0 fully saturated rings. The smallest absolute Gasteiger partial charge is 0.0643 e. The number of benzene rings is 1. The summed E-state index contributed by atoms with van der Waals surface area (Å²) in [5.74, 6) is 0. The standard InChI is InChI=1S/C14H19N3S/c1-15-13(10-11-8-9-17(2)16-11)12-6-4-5-7-14(12)18-3/h4-9,13,15H,10H2,1-3H3. The highest BCUT2D eigenvalue weighted by Gasteiger charge is 2.14. The number of aryl methyl sites for hydroxylation is 1. The lowest BCUT2D eigenvalue weighted by atomic mass is 10.0. The van der Waals surface area contributed by atoms with E-state index in [1.54, 1.807) is 11.8 Å². The minimum absolute atomic E-state index is 0.309. The van der Waals surface area contributed by atoms with Gasteiger partial charge in [-0.25, -0.2) is 0 Å². The van der Waals surface area contributed by atoms with Crippen LogP contribution in [0, 0.1) is 0 Å². The third kappa shape index (κ3) is 2.94. The molecule has 18 heavy (non-hydrogen) atoms. The average molecular weight is 261 g/mol. The predicted molar refractivity (Wildman–Crippen MR) is 76.9 cm³/mol. The molecule has 0 aliphatic carbocycles. The number of rotatable bonds is 5. The van der Waals surface area contributed by atoms with Crippen LogP contribution in [0.25, 0.3) is 0 Å². The van der Waals surface area contributed by atoms with E-state index in [-0.39, 0.29) is 0 Å². The van der Waals surface area contributed by atoms with E-state index in [2.05, 4.69) is 47.0 Å². The van der Waals surface area contributed by atoms with Crippen LogP contribution in [-0.4, -0.2) is 23.1 Å². The van der Waals surface area contributed by atoms with Crippen LogP contribution in [0.3, 0.4) is 0 Å². The summed E-state index contributed by atoms with van der Waals surface area (Å²) in [6, 6.07) is 10.9. The molecule has 1 atom stereocenters. The van der Waals surface area contributed by atoms with Crippen molar-refractivity contribution in [3.63, 3.8) is 0 Å². The maximum Gasteiger partial charge on any atom is 0.0643 e. The molecule has 0 aliphatic rings. The summed E-state index contributed by atoms with van der Waals surface area (Å²) in [6.07, 6.45) is 5.02. The summed E-state index contributed by atoms with van der Waals surface area (Å²) in [7, 11) is 3.96. The second-order valence-corrected chi connectivity index (χ2v) is 5.12. The molecule has 1 heterocycles. The Bertz CT molecular complexity index is 507. The molecular weight excluding hydrogens is 242 g/mol. The van der Waals surface area contributed by atoms with Crippen molar-refractivity contribution in [3.8, 4) is 0 Å². The molecule has 3 nitrogen and oxygen atoms in total. The molecule has 0 bridgehead atoms. The molecule has 4 heteroatoms. The minimum Gasteiger partial charge on any atom is -0.313 e. The lowest BCUT2D eigenvalue weighted by Crippen LogP contribution is -2.19. The molecule has 0 saturated heterocycles. The first-order chi connectivity index (χ1) is 8.74. The van der Waals surface area contributed by atoms with Gasteiger partial charge in [0.1, 0.15) is 0 Å². The van der Waals surface area contributed by atoms with Gasteiger partial charge in [-0.2, -0.15) is 5.10 Å². The van der Waals surface area contributed by atoms with Gasteiger partial charge < -0.3 is 5.32 Å². The molecule has 1 unspecified atom stereocenters. The van der Waals surface area contributed by atoms with Crippen molar-refractivity contribution in [3.05, 3.63) is 47.8 Å². The van der Waals surface area contributed by atoms with Gasteiger partial charge in [0.15, 0.2) is 0 Å². The van der Waals surface area contributed by atoms with Crippen LogP contribution in [0.15, 0.2) is 41.4 Å². The van der Waals surface area contributed by atoms with Crippen LogP contribution < -0.4 is 5.32 Å². The number of nitrogens with zero attached hydrogens (tertiary/aromatic N) is 2. The average Bonchev–Trinajstić information content (AvgIpc) is 2.81. The third-order valence-corrected chi connectivity index (χ3v) is 3.86. The van der Waals surface area contributed by atoms with Crippen molar-refractivity contribution in [1.82, 2.24) is 15.1 Å². The molecule has 0 saturated carbocycles. The fourth-order valence-electron chi connectivity index (χ4n) is 2.10. The zero-order chi connectivity index (χ0) is 13.0. The second kappa shape index (κ2) is 6.07. The van der Waals surface area contributed by atoms with Gasteiger partial charge >= 0.3 is 0 Å². The van der Waals surface area contributed by atoms with Crippen molar-refractivity contribution in [2.24, 2.45) is 7.05 Å². The van der Waals surface area contributed by atoms with E-state index in [4.69, 9.17) is 0 Å². The van der Waals surface area contributed by atoms with E-state index >= 15 is 0 Å². The zero-order valence-corrected chi connectivity index (χ0v) is 11.9. The molecular formula is C14H19N3S. The fraction of sp³-hybridized carbons (Fsp3) is 0.357. The summed E-state index contributed by atoms with van der Waals surface area (Å²) < 4.78 is 1.85. The monoisotopic (exact) mass is 261 g/mol. The van der Waals surface area contributed by atoms with Crippen molar-refractivity contribution in [2.75, 3.05) is 13.3 Å². The number of hydrogen-bond acceptors (Lipinski definition) is 3. The van der Waals surface area contributed by atoms with Crippen molar-refractivity contribution >= 4 is 11.8 Å². The van der Waals surface area contributed by atoms with Gasteiger partial charge in [0.25, 0.3) is 0 Å². The first-order valence-corrected chi connectivity index (χ1v) is 7.25. The van der Waals surface area contributed by atoms with Gasteiger partial charge in [-0.15, -0.1) is 11.8 Å². The predicted octanol–water partition coefficient (Wildman–Crippen LogP) is 2.65. The highest BCUT2D eigenvalue weighted by atomic mass is 32.2. The molecule has 0 radical (unpaired) electrons. The summed E-state index contributed by atoms with van der Waals surface area (Å²) in [5.41, 5.74) is 2.46. The van der Waals surface area contributed by atoms with Crippen molar-refractivity contribution in [2.45, 2.75) is 17.4 Å². The molecule has 2 rings (SSSR count). The molecule has 1 aromatic carbocycles. The summed E-state index contributed by atoms with van der Waals surface area (Å²) in [5, 5.41) is 7.84. The first-order valence-electron chi connectivity index (χ1n) is 6.03. The van der Waals surface area contributed by atoms with Gasteiger partial charge in [0.2, 0.25) is 0 Å². The number of likely N-dealkylation sites (N-methyl/N-ethyl adjacent to an activating group) is 1.